The molecule has 0 aromatic carbocycles. The van der Waals surface area contributed by atoms with Crippen molar-refractivity contribution < 1.29 is 0 Å². The maximum atomic E-state index is 2.27. The Kier molecular flexibility index (Phi) is 0.868. The van der Waals surface area contributed by atoms with Crippen molar-refractivity contribution in [2.24, 2.45) is 5.92 Å². The molecular weight excluding hydrogens is 72.1 g/mol. The highest BCUT2D eigenvalue weighted by atomic mass is 14.3. The van der Waals surface area contributed by atoms with Crippen LogP contribution in [0.2, 0.25) is 0 Å². The van der Waals surface area contributed by atoms with E-state index < -0.39 is 0 Å². The molecule has 1 aliphatic carbocycles. The fraction of sp³-hybridized carbons (Fsp3) is 0.833. The van der Waals surface area contributed by atoms with E-state index in [1.165, 1.54) is 12.8 Å². The first-order valence-electron chi connectivity index (χ1n) is 2.65. The molecule has 0 saturated heterocycles. The third-order valence-electron chi connectivity index (χ3n) is 1.36. The van der Waals surface area contributed by atoms with Gasteiger partial charge in [-0.25, -0.2) is 12.8 Å². The van der Waals surface area contributed by atoms with Gasteiger partial charge in [0.1, 0.15) is 0 Å². The summed E-state index contributed by atoms with van der Waals surface area (Å²) in [5.74, 6) is 2.64. The molecule has 6 heavy (non-hydrogen) atoms. The Morgan fingerprint density at radius 2 is 1.83 bits per heavy atom. The molecule has 0 spiro atoms. The summed E-state index contributed by atoms with van der Waals surface area (Å²) >= 11 is 0. The van der Waals surface area contributed by atoms with Crippen LogP contribution in [0.25, 0.3) is 0 Å². The van der Waals surface area contributed by atoms with Crippen LogP contribution in [0.5, 0.6) is 0 Å². The van der Waals surface area contributed by atoms with Crippen molar-refractivity contribution in [3.05, 3.63) is 5.92 Å². The Bertz CT molecular complexity index is 42.0. The van der Waals surface area contributed by atoms with Crippen molar-refractivity contribution in [3.8, 4) is 0 Å². The molecule has 0 unspecified atom stereocenters. The molecule has 0 aliphatic heterocycles. The molecule has 0 aromatic rings. The molecule has 0 heterocycles. The van der Waals surface area contributed by atoms with Gasteiger partial charge in [-0.1, -0.05) is 13.8 Å². The van der Waals surface area contributed by atoms with Gasteiger partial charge in [-0.15, -0.1) is 0 Å². The lowest BCUT2D eigenvalue weighted by Gasteiger charge is -2.09. The summed E-state index contributed by atoms with van der Waals surface area (Å²) < 4.78 is 0. The van der Waals surface area contributed by atoms with Crippen molar-refractivity contribution in [1.82, 2.24) is 0 Å². The van der Waals surface area contributed by atoms with E-state index in [0.29, 0.717) is 0 Å². The molecule has 1 rings (SSSR count). The van der Waals surface area contributed by atoms with Gasteiger partial charge < -0.3 is 5.92 Å². The minimum absolute atomic E-state index is 0.880. The third kappa shape index (κ3) is 0.735. The van der Waals surface area contributed by atoms with Crippen LogP contribution < -0.4 is 0 Å². The molecule has 0 atom stereocenters. The highest BCUT2D eigenvalue weighted by molar-refractivity contribution is 5.07. The van der Waals surface area contributed by atoms with Crippen molar-refractivity contribution >= 4 is 0 Å². The number of rotatable bonds is 1. The average Bonchev–Trinajstić information content (AvgIpc) is 2.06. The zero-order chi connectivity index (χ0) is 4.57. The maximum Gasteiger partial charge on any atom is -0.0899 e. The second-order valence-corrected chi connectivity index (χ2v) is 2.31. The van der Waals surface area contributed by atoms with Gasteiger partial charge in [0.2, 0.25) is 0 Å². The fourth-order valence-electron chi connectivity index (χ4n) is 0.650. The quantitative estimate of drug-likeness (QED) is 0.425. The third-order valence-corrected chi connectivity index (χ3v) is 1.36. The zero-order valence-corrected chi connectivity index (χ0v) is 4.49. The van der Waals surface area contributed by atoms with E-state index in [-0.39, 0.29) is 0 Å². The van der Waals surface area contributed by atoms with E-state index >= 15 is 0 Å². The summed E-state index contributed by atoms with van der Waals surface area (Å²) in [6.45, 7) is 4.53. The number of hydrogen-bond donors (Lipinski definition) is 0. The Balaban J connectivity index is 2.13. The summed E-state index contributed by atoms with van der Waals surface area (Å²) in [7, 11) is 0. The van der Waals surface area contributed by atoms with Crippen LogP contribution in [0.4, 0.5) is 0 Å². The Labute approximate surface area is 39.6 Å². The average molecular weight is 83.2 g/mol. The van der Waals surface area contributed by atoms with Crippen LogP contribution >= 0.6 is 0 Å². The molecule has 1 saturated carbocycles. The topological polar surface area (TPSA) is 0 Å². The van der Waals surface area contributed by atoms with Crippen LogP contribution in [-0.2, 0) is 0 Å². The smallest absolute Gasteiger partial charge is 0.0899 e. The van der Waals surface area contributed by atoms with Crippen LogP contribution in [0.1, 0.15) is 26.7 Å². The van der Waals surface area contributed by atoms with Crippen molar-refractivity contribution in [2.75, 3.05) is 0 Å². The molecular formula is C6H11-. The number of hydrogen-bond acceptors (Lipinski definition) is 0. The van der Waals surface area contributed by atoms with Crippen molar-refractivity contribution in [1.29, 1.82) is 0 Å². The van der Waals surface area contributed by atoms with Crippen LogP contribution in [0, 0.1) is 11.8 Å². The predicted octanol–water partition coefficient (Wildman–Crippen LogP) is 2.01. The molecule has 0 aromatic heterocycles. The lowest BCUT2D eigenvalue weighted by atomic mass is 10.1. The Hall–Kier alpha value is 0. The highest BCUT2D eigenvalue weighted by Gasteiger charge is 2.05. The lowest BCUT2D eigenvalue weighted by molar-refractivity contribution is 0.739. The SMILES string of the molecule is CC(C)[C-]1CC1. The van der Waals surface area contributed by atoms with E-state index in [0.717, 1.165) is 5.92 Å². The second kappa shape index (κ2) is 1.25. The summed E-state index contributed by atoms with van der Waals surface area (Å²) in [6, 6.07) is 0. The molecule has 36 valence electrons. The molecule has 0 N–H and O–H groups in total. The summed E-state index contributed by atoms with van der Waals surface area (Å²) in [4.78, 5) is 0. The standard InChI is InChI=1S/C6H11/c1-5(2)6-3-4-6/h5H,3-4H2,1-2H3/q-1. The molecule has 1 aliphatic rings. The van der Waals surface area contributed by atoms with Gasteiger partial charge in [-0.2, -0.15) is 5.92 Å². The monoisotopic (exact) mass is 83.1 g/mol. The molecule has 1 fully saturated rings. The van der Waals surface area contributed by atoms with Gasteiger partial charge in [0, 0.05) is 0 Å². The van der Waals surface area contributed by atoms with Gasteiger partial charge in [0.15, 0.2) is 0 Å². The highest BCUT2D eigenvalue weighted by Crippen LogP contribution is 2.38. The van der Waals surface area contributed by atoms with E-state index in [1.807, 2.05) is 0 Å². The predicted molar refractivity (Wildman–Crippen MR) is 27.3 cm³/mol. The first-order valence-corrected chi connectivity index (χ1v) is 2.65. The Morgan fingerprint density at radius 3 is 1.83 bits per heavy atom. The second-order valence-electron chi connectivity index (χ2n) is 2.31. The van der Waals surface area contributed by atoms with Gasteiger partial charge in [-0.05, 0) is 0 Å². The van der Waals surface area contributed by atoms with Crippen LogP contribution in [0.15, 0.2) is 0 Å². The molecule has 0 nitrogen and oxygen atoms in total. The van der Waals surface area contributed by atoms with E-state index in [1.54, 1.807) is 5.92 Å². The van der Waals surface area contributed by atoms with Crippen LogP contribution in [-0.4, -0.2) is 0 Å². The normalized spacial score (nSPS) is 22.5. The van der Waals surface area contributed by atoms with E-state index in [2.05, 4.69) is 13.8 Å². The first-order chi connectivity index (χ1) is 2.80. The van der Waals surface area contributed by atoms with Crippen LogP contribution in [0.3, 0.4) is 0 Å². The zero-order valence-electron chi connectivity index (χ0n) is 4.49. The van der Waals surface area contributed by atoms with E-state index in [4.69, 9.17) is 0 Å². The molecule has 0 amide bonds. The first kappa shape index (κ1) is 4.17. The van der Waals surface area contributed by atoms with E-state index in [9.17, 15) is 0 Å². The summed E-state index contributed by atoms with van der Waals surface area (Å²) in [5.41, 5.74) is 0. The minimum atomic E-state index is 0.880. The largest absolute Gasteiger partial charge is 0.316 e. The Morgan fingerprint density at radius 1 is 1.33 bits per heavy atom. The van der Waals surface area contributed by atoms with Crippen molar-refractivity contribution in [2.45, 2.75) is 26.7 Å². The molecule has 0 bridgehead atoms. The molecule has 0 radical (unpaired) electrons. The summed E-state index contributed by atoms with van der Waals surface area (Å²) in [5, 5.41) is 0. The fourth-order valence-corrected chi connectivity index (χ4v) is 0.650. The van der Waals surface area contributed by atoms with Gasteiger partial charge >= 0.3 is 0 Å². The van der Waals surface area contributed by atoms with Gasteiger partial charge in [0.05, 0.1) is 0 Å². The lowest BCUT2D eigenvalue weighted by Crippen LogP contribution is -1.82. The molecule has 0 heteroatoms. The van der Waals surface area contributed by atoms with Gasteiger partial charge in [0.25, 0.3) is 0 Å². The summed E-state index contributed by atoms with van der Waals surface area (Å²) in [6.07, 6.45) is 2.83. The minimum Gasteiger partial charge on any atom is -0.316 e. The maximum absolute atomic E-state index is 2.27. The van der Waals surface area contributed by atoms with Gasteiger partial charge in [-0.3, -0.25) is 0 Å². The van der Waals surface area contributed by atoms with Crippen molar-refractivity contribution in [3.63, 3.8) is 0 Å².